The van der Waals surface area contributed by atoms with Crippen molar-refractivity contribution in [2.45, 2.75) is 18.9 Å². The Morgan fingerprint density at radius 1 is 1.19 bits per heavy atom. The number of nitrogens with one attached hydrogen (secondary N) is 1. The van der Waals surface area contributed by atoms with Gasteiger partial charge >= 0.3 is 6.03 Å². The first-order valence-electron chi connectivity index (χ1n) is 8.66. The number of carbonyl (C=O) groups excluding carboxylic acids is 1. The molecule has 0 unspecified atom stereocenters. The molecule has 27 heavy (non-hydrogen) atoms. The van der Waals surface area contributed by atoms with Gasteiger partial charge in [0.05, 0.1) is 19.9 Å². The van der Waals surface area contributed by atoms with Crippen molar-refractivity contribution in [1.29, 1.82) is 0 Å². The molecule has 1 aliphatic heterocycles. The van der Waals surface area contributed by atoms with Gasteiger partial charge in [0, 0.05) is 32.1 Å². The van der Waals surface area contributed by atoms with Crippen molar-refractivity contribution >= 4 is 23.3 Å². The molecule has 1 aromatic heterocycles. The summed E-state index contributed by atoms with van der Waals surface area (Å²) in [6, 6.07) is 8.67. The van der Waals surface area contributed by atoms with Crippen LogP contribution in [0, 0.1) is 0 Å². The lowest BCUT2D eigenvalue weighted by molar-refractivity contribution is 0.111. The number of methoxy groups -OCH3 is 2. The number of aromatic nitrogens is 1. The van der Waals surface area contributed by atoms with Gasteiger partial charge in [-0.3, -0.25) is 0 Å². The molecule has 7 nitrogen and oxygen atoms in total. The SMILES string of the molecule is COc1cccc(NC(=O)N2CCC(Oc3ncccc3Cl)CC2)c1OC. The van der Waals surface area contributed by atoms with Crippen LogP contribution in [0.25, 0.3) is 0 Å². The number of amides is 2. The van der Waals surface area contributed by atoms with Gasteiger partial charge in [0.15, 0.2) is 11.5 Å². The van der Waals surface area contributed by atoms with Gasteiger partial charge < -0.3 is 24.4 Å². The van der Waals surface area contributed by atoms with E-state index in [1.54, 1.807) is 55.6 Å². The second kappa shape index (κ2) is 8.81. The van der Waals surface area contributed by atoms with Gasteiger partial charge in [0.2, 0.25) is 5.88 Å². The lowest BCUT2D eigenvalue weighted by Crippen LogP contribution is -2.43. The average Bonchev–Trinajstić information content (AvgIpc) is 2.70. The van der Waals surface area contributed by atoms with Gasteiger partial charge in [-0.05, 0) is 24.3 Å². The summed E-state index contributed by atoms with van der Waals surface area (Å²) in [5, 5.41) is 3.38. The largest absolute Gasteiger partial charge is 0.493 e. The van der Waals surface area contributed by atoms with E-state index in [-0.39, 0.29) is 12.1 Å². The van der Waals surface area contributed by atoms with E-state index in [1.807, 2.05) is 0 Å². The molecule has 2 heterocycles. The lowest BCUT2D eigenvalue weighted by atomic mass is 10.1. The number of rotatable bonds is 5. The Morgan fingerprint density at radius 3 is 2.63 bits per heavy atom. The fraction of sp³-hybridized carbons (Fsp3) is 0.368. The van der Waals surface area contributed by atoms with Crippen molar-refractivity contribution in [2.24, 2.45) is 0 Å². The molecule has 0 saturated carbocycles. The zero-order valence-electron chi connectivity index (χ0n) is 15.3. The minimum absolute atomic E-state index is 0.0206. The number of hydrogen-bond donors (Lipinski definition) is 1. The third-order valence-electron chi connectivity index (χ3n) is 4.38. The van der Waals surface area contributed by atoms with Crippen molar-refractivity contribution in [3.8, 4) is 17.4 Å². The molecule has 0 radical (unpaired) electrons. The molecule has 2 amide bonds. The Labute approximate surface area is 163 Å². The highest BCUT2D eigenvalue weighted by Crippen LogP contribution is 2.35. The van der Waals surface area contributed by atoms with Gasteiger partial charge in [0.25, 0.3) is 0 Å². The van der Waals surface area contributed by atoms with E-state index in [0.717, 1.165) is 0 Å². The highest BCUT2D eigenvalue weighted by atomic mass is 35.5. The molecule has 3 rings (SSSR count). The fourth-order valence-corrected chi connectivity index (χ4v) is 3.14. The lowest BCUT2D eigenvalue weighted by Gasteiger charge is -2.32. The number of pyridine rings is 1. The Kier molecular flexibility index (Phi) is 6.24. The van der Waals surface area contributed by atoms with E-state index in [4.69, 9.17) is 25.8 Å². The molecule has 0 bridgehead atoms. The number of ether oxygens (including phenoxy) is 3. The number of benzene rings is 1. The monoisotopic (exact) mass is 391 g/mol. The van der Waals surface area contributed by atoms with Crippen molar-refractivity contribution in [2.75, 3.05) is 32.6 Å². The topological polar surface area (TPSA) is 72.9 Å². The molecule has 0 atom stereocenters. The Hall–Kier alpha value is -2.67. The van der Waals surface area contributed by atoms with Crippen LogP contribution in [-0.4, -0.2) is 49.3 Å². The molecular formula is C19H22ClN3O4. The second-order valence-corrected chi connectivity index (χ2v) is 6.47. The van der Waals surface area contributed by atoms with E-state index >= 15 is 0 Å². The number of likely N-dealkylation sites (tertiary alicyclic amines) is 1. The van der Waals surface area contributed by atoms with E-state index < -0.39 is 0 Å². The summed E-state index contributed by atoms with van der Waals surface area (Å²) in [4.78, 5) is 18.5. The predicted molar refractivity (Wildman–Crippen MR) is 103 cm³/mol. The predicted octanol–water partition coefficient (Wildman–Crippen LogP) is 3.83. The van der Waals surface area contributed by atoms with Crippen LogP contribution in [0.15, 0.2) is 36.5 Å². The molecule has 1 aliphatic rings. The Balaban J connectivity index is 1.57. The summed E-state index contributed by atoms with van der Waals surface area (Å²) in [5.41, 5.74) is 0.570. The first-order chi connectivity index (χ1) is 13.1. The minimum atomic E-state index is -0.184. The van der Waals surface area contributed by atoms with Crippen molar-refractivity contribution in [1.82, 2.24) is 9.88 Å². The number of anilines is 1. The van der Waals surface area contributed by atoms with Gasteiger partial charge in [-0.25, -0.2) is 9.78 Å². The average molecular weight is 392 g/mol. The number of carbonyl (C=O) groups is 1. The van der Waals surface area contributed by atoms with E-state index in [0.29, 0.717) is 54.0 Å². The molecule has 2 aromatic rings. The molecule has 0 aliphatic carbocycles. The zero-order chi connectivity index (χ0) is 19.2. The minimum Gasteiger partial charge on any atom is -0.493 e. The van der Waals surface area contributed by atoms with Crippen LogP contribution in [0.4, 0.5) is 10.5 Å². The maximum atomic E-state index is 12.6. The van der Waals surface area contributed by atoms with E-state index in [1.165, 1.54) is 0 Å². The summed E-state index contributed by atoms with van der Waals surface area (Å²) in [6.45, 7) is 1.15. The molecule has 8 heteroatoms. The highest BCUT2D eigenvalue weighted by molar-refractivity contribution is 6.31. The van der Waals surface area contributed by atoms with Crippen molar-refractivity contribution in [3.63, 3.8) is 0 Å². The quantitative estimate of drug-likeness (QED) is 0.838. The zero-order valence-corrected chi connectivity index (χ0v) is 16.0. The summed E-state index contributed by atoms with van der Waals surface area (Å²) in [7, 11) is 3.10. The van der Waals surface area contributed by atoms with Crippen LogP contribution < -0.4 is 19.5 Å². The van der Waals surface area contributed by atoms with Gasteiger partial charge in [-0.15, -0.1) is 0 Å². The Bertz CT molecular complexity index is 794. The third-order valence-corrected chi connectivity index (χ3v) is 4.66. The molecule has 1 N–H and O–H groups in total. The third kappa shape index (κ3) is 4.54. The van der Waals surface area contributed by atoms with Crippen LogP contribution in [0.3, 0.4) is 0 Å². The number of para-hydroxylation sites is 1. The molecule has 0 spiro atoms. The smallest absolute Gasteiger partial charge is 0.321 e. The van der Waals surface area contributed by atoms with Crippen LogP contribution >= 0.6 is 11.6 Å². The summed E-state index contributed by atoms with van der Waals surface area (Å²) in [6.07, 6.45) is 3.03. The molecule has 1 aromatic carbocycles. The Morgan fingerprint density at radius 2 is 1.96 bits per heavy atom. The summed E-state index contributed by atoms with van der Waals surface area (Å²) in [5.74, 6) is 1.49. The van der Waals surface area contributed by atoms with Gasteiger partial charge in [-0.2, -0.15) is 0 Å². The van der Waals surface area contributed by atoms with Gasteiger partial charge in [-0.1, -0.05) is 17.7 Å². The maximum absolute atomic E-state index is 12.6. The molecule has 1 saturated heterocycles. The highest BCUT2D eigenvalue weighted by Gasteiger charge is 2.25. The summed E-state index contributed by atoms with van der Waals surface area (Å²) >= 11 is 6.08. The number of halogens is 1. The number of urea groups is 1. The van der Waals surface area contributed by atoms with Crippen LogP contribution in [0.2, 0.25) is 5.02 Å². The first-order valence-corrected chi connectivity index (χ1v) is 9.04. The van der Waals surface area contributed by atoms with Gasteiger partial charge in [0.1, 0.15) is 11.1 Å². The second-order valence-electron chi connectivity index (χ2n) is 6.07. The van der Waals surface area contributed by atoms with E-state index in [2.05, 4.69) is 10.3 Å². The van der Waals surface area contributed by atoms with Crippen LogP contribution in [0.5, 0.6) is 17.4 Å². The molecule has 1 fully saturated rings. The number of piperidine rings is 1. The molecule has 144 valence electrons. The van der Waals surface area contributed by atoms with Crippen LogP contribution in [0.1, 0.15) is 12.8 Å². The first kappa shape index (κ1) is 19.1. The number of hydrogen-bond acceptors (Lipinski definition) is 5. The fourth-order valence-electron chi connectivity index (χ4n) is 2.97. The van der Waals surface area contributed by atoms with E-state index in [9.17, 15) is 4.79 Å². The standard InChI is InChI=1S/C19H22ClN3O4/c1-25-16-7-3-6-15(17(16)26-2)22-19(24)23-11-8-13(9-12-23)27-18-14(20)5-4-10-21-18/h3-7,10,13H,8-9,11-12H2,1-2H3,(H,22,24). The maximum Gasteiger partial charge on any atom is 0.321 e. The van der Waals surface area contributed by atoms with Crippen molar-refractivity contribution in [3.05, 3.63) is 41.6 Å². The van der Waals surface area contributed by atoms with Crippen LogP contribution in [-0.2, 0) is 0 Å². The normalized spacial score (nSPS) is 14.6. The number of nitrogens with zero attached hydrogens (tertiary/aromatic N) is 2. The van der Waals surface area contributed by atoms with Crippen molar-refractivity contribution < 1.29 is 19.0 Å². The molecular weight excluding hydrogens is 370 g/mol. The summed E-state index contributed by atoms with van der Waals surface area (Å²) < 4.78 is 16.5.